The van der Waals surface area contributed by atoms with Crippen molar-refractivity contribution >= 4 is 33.8 Å². The first-order valence-corrected chi connectivity index (χ1v) is 9.07. The smallest absolute Gasteiger partial charge is 0.206 e. The highest BCUT2D eigenvalue weighted by Crippen LogP contribution is 2.35. The van der Waals surface area contributed by atoms with Gasteiger partial charge in [-0.25, -0.2) is 4.98 Å². The Balaban J connectivity index is 1.55. The number of thiazole rings is 1. The molecule has 0 saturated carbocycles. The summed E-state index contributed by atoms with van der Waals surface area (Å²) >= 11 is 1.20. The summed E-state index contributed by atoms with van der Waals surface area (Å²) in [6.45, 7) is 1.06. The summed E-state index contributed by atoms with van der Waals surface area (Å²) in [5.74, 6) is 2.08. The van der Waals surface area contributed by atoms with Gasteiger partial charge in [0.2, 0.25) is 5.78 Å². The van der Waals surface area contributed by atoms with Crippen LogP contribution in [-0.2, 0) is 0 Å². The van der Waals surface area contributed by atoms with Crippen molar-refractivity contribution in [3.05, 3.63) is 52.9 Å². The molecule has 8 heteroatoms. The second-order valence-corrected chi connectivity index (χ2v) is 6.77. The Bertz CT molecular complexity index is 985. The number of carbonyl (C=O) groups is 1. The molecular weight excluding hydrogens is 366 g/mol. The first-order valence-electron chi connectivity index (χ1n) is 8.26. The van der Waals surface area contributed by atoms with Gasteiger partial charge in [0.15, 0.2) is 16.6 Å². The number of benzene rings is 2. The van der Waals surface area contributed by atoms with Gasteiger partial charge < -0.3 is 25.3 Å². The van der Waals surface area contributed by atoms with E-state index in [4.69, 9.17) is 19.9 Å². The van der Waals surface area contributed by atoms with E-state index in [1.54, 1.807) is 31.4 Å². The van der Waals surface area contributed by atoms with Crippen LogP contribution in [0.1, 0.15) is 15.2 Å². The van der Waals surface area contributed by atoms with E-state index in [0.29, 0.717) is 46.0 Å². The fourth-order valence-corrected chi connectivity index (χ4v) is 3.53. The standard InChI is InChI=1S/C19H17N3O4S/c1-24-13-5-2-11(3-6-13)16(23)17-18(20)22-19(27-17)21-12-4-7-14-15(10-12)26-9-8-25-14/h2-7,10H,8-9,20H2,1H3,(H,21,22). The zero-order valence-corrected chi connectivity index (χ0v) is 15.3. The first-order chi connectivity index (χ1) is 13.1. The lowest BCUT2D eigenvalue weighted by atomic mass is 10.1. The lowest BCUT2D eigenvalue weighted by Crippen LogP contribution is -2.15. The fourth-order valence-electron chi connectivity index (χ4n) is 2.67. The van der Waals surface area contributed by atoms with Crippen LogP contribution in [0.25, 0.3) is 0 Å². The van der Waals surface area contributed by atoms with Crippen LogP contribution in [0.15, 0.2) is 42.5 Å². The molecule has 0 fully saturated rings. The van der Waals surface area contributed by atoms with Crippen molar-refractivity contribution in [2.24, 2.45) is 0 Å². The molecule has 0 amide bonds. The van der Waals surface area contributed by atoms with Crippen molar-refractivity contribution in [2.45, 2.75) is 0 Å². The highest BCUT2D eigenvalue weighted by Gasteiger charge is 2.19. The molecular formula is C19H17N3O4S. The quantitative estimate of drug-likeness (QED) is 0.651. The number of nitrogens with one attached hydrogen (secondary N) is 1. The van der Waals surface area contributed by atoms with Gasteiger partial charge in [-0.05, 0) is 36.4 Å². The van der Waals surface area contributed by atoms with E-state index >= 15 is 0 Å². The molecule has 0 saturated heterocycles. The second-order valence-electron chi connectivity index (χ2n) is 5.77. The number of nitrogens with zero attached hydrogens (tertiary/aromatic N) is 1. The topological polar surface area (TPSA) is 95.7 Å². The van der Waals surface area contributed by atoms with Crippen LogP contribution in [0.4, 0.5) is 16.6 Å². The predicted octanol–water partition coefficient (Wildman–Crippen LogP) is 3.48. The number of rotatable bonds is 5. The number of fused-ring (bicyclic) bond motifs is 1. The lowest BCUT2D eigenvalue weighted by Gasteiger charge is -2.18. The van der Waals surface area contributed by atoms with Crippen molar-refractivity contribution in [3.8, 4) is 17.2 Å². The number of aromatic nitrogens is 1. The molecule has 0 radical (unpaired) electrons. The predicted molar refractivity (Wildman–Crippen MR) is 104 cm³/mol. The summed E-state index contributed by atoms with van der Waals surface area (Å²) in [5, 5.41) is 3.69. The molecule has 1 aromatic heterocycles. The van der Waals surface area contributed by atoms with E-state index in [1.807, 2.05) is 18.2 Å². The van der Waals surface area contributed by atoms with Crippen LogP contribution in [0.3, 0.4) is 0 Å². The number of methoxy groups -OCH3 is 1. The minimum atomic E-state index is -0.178. The van der Waals surface area contributed by atoms with E-state index in [0.717, 1.165) is 5.69 Å². The molecule has 7 nitrogen and oxygen atoms in total. The Hall–Kier alpha value is -3.26. The number of ketones is 1. The van der Waals surface area contributed by atoms with E-state index < -0.39 is 0 Å². The number of hydrogen-bond donors (Lipinski definition) is 2. The maximum Gasteiger partial charge on any atom is 0.206 e. The number of ether oxygens (including phenoxy) is 3. The zero-order chi connectivity index (χ0) is 18.8. The number of nitrogens with two attached hydrogens (primary N) is 1. The Labute approximate surface area is 159 Å². The molecule has 0 unspecified atom stereocenters. The molecule has 3 aromatic rings. The minimum absolute atomic E-state index is 0.178. The normalized spacial score (nSPS) is 12.5. The van der Waals surface area contributed by atoms with Gasteiger partial charge in [0, 0.05) is 17.3 Å². The molecule has 4 rings (SSSR count). The summed E-state index contributed by atoms with van der Waals surface area (Å²) in [4.78, 5) is 17.4. The number of nitrogen functional groups attached to an aromatic ring is 1. The summed E-state index contributed by atoms with van der Waals surface area (Å²) in [5.41, 5.74) is 7.27. The Kier molecular flexibility index (Phi) is 4.55. The molecule has 2 heterocycles. The molecule has 0 atom stereocenters. The summed E-state index contributed by atoms with van der Waals surface area (Å²) < 4.78 is 16.2. The maximum absolute atomic E-state index is 12.7. The SMILES string of the molecule is COc1ccc(C(=O)c2sc(Nc3ccc4c(c3)OCCO4)nc2N)cc1. The second kappa shape index (κ2) is 7.16. The molecule has 1 aliphatic heterocycles. The zero-order valence-electron chi connectivity index (χ0n) is 14.5. The van der Waals surface area contributed by atoms with Crippen molar-refractivity contribution in [1.29, 1.82) is 0 Å². The van der Waals surface area contributed by atoms with Crippen LogP contribution in [0.5, 0.6) is 17.2 Å². The van der Waals surface area contributed by atoms with Gasteiger partial charge in [0.05, 0.1) is 7.11 Å². The molecule has 138 valence electrons. The highest BCUT2D eigenvalue weighted by molar-refractivity contribution is 7.18. The average Bonchev–Trinajstić information content (AvgIpc) is 3.07. The van der Waals surface area contributed by atoms with Crippen molar-refractivity contribution in [2.75, 3.05) is 31.4 Å². The summed E-state index contributed by atoms with van der Waals surface area (Å²) in [6.07, 6.45) is 0. The molecule has 2 aromatic carbocycles. The third-order valence-electron chi connectivity index (χ3n) is 4.01. The summed E-state index contributed by atoms with van der Waals surface area (Å²) in [7, 11) is 1.58. The van der Waals surface area contributed by atoms with E-state index in [-0.39, 0.29) is 11.6 Å². The largest absolute Gasteiger partial charge is 0.497 e. The van der Waals surface area contributed by atoms with Gasteiger partial charge in [-0.15, -0.1) is 0 Å². The molecule has 0 bridgehead atoms. The van der Waals surface area contributed by atoms with E-state index in [1.165, 1.54) is 11.3 Å². The number of anilines is 3. The number of hydrogen-bond acceptors (Lipinski definition) is 8. The minimum Gasteiger partial charge on any atom is -0.497 e. The van der Waals surface area contributed by atoms with Gasteiger partial charge in [0.25, 0.3) is 0 Å². The lowest BCUT2D eigenvalue weighted by molar-refractivity contribution is 0.104. The third kappa shape index (κ3) is 3.52. The Morgan fingerprint density at radius 3 is 2.63 bits per heavy atom. The molecule has 0 spiro atoms. The fraction of sp³-hybridized carbons (Fsp3) is 0.158. The first kappa shape index (κ1) is 17.2. The van der Waals surface area contributed by atoms with Gasteiger partial charge in [-0.2, -0.15) is 0 Å². The van der Waals surface area contributed by atoms with Crippen molar-refractivity contribution in [3.63, 3.8) is 0 Å². The van der Waals surface area contributed by atoms with Crippen molar-refractivity contribution in [1.82, 2.24) is 4.98 Å². The maximum atomic E-state index is 12.7. The van der Waals surface area contributed by atoms with Gasteiger partial charge >= 0.3 is 0 Å². The Morgan fingerprint density at radius 1 is 1.15 bits per heavy atom. The van der Waals surface area contributed by atoms with Crippen LogP contribution in [-0.4, -0.2) is 31.1 Å². The van der Waals surface area contributed by atoms with Gasteiger partial charge in [-0.3, -0.25) is 4.79 Å². The van der Waals surface area contributed by atoms with Crippen LogP contribution in [0, 0.1) is 0 Å². The third-order valence-corrected chi connectivity index (χ3v) is 4.99. The molecule has 3 N–H and O–H groups in total. The van der Waals surface area contributed by atoms with Crippen LogP contribution >= 0.6 is 11.3 Å². The Morgan fingerprint density at radius 2 is 1.89 bits per heavy atom. The monoisotopic (exact) mass is 383 g/mol. The molecule has 1 aliphatic rings. The summed E-state index contributed by atoms with van der Waals surface area (Å²) in [6, 6.07) is 12.4. The van der Waals surface area contributed by atoms with Crippen LogP contribution < -0.4 is 25.3 Å². The van der Waals surface area contributed by atoms with Crippen LogP contribution in [0.2, 0.25) is 0 Å². The molecule has 0 aliphatic carbocycles. The van der Waals surface area contributed by atoms with E-state index in [2.05, 4.69) is 10.3 Å². The van der Waals surface area contributed by atoms with Gasteiger partial charge in [-0.1, -0.05) is 11.3 Å². The highest BCUT2D eigenvalue weighted by atomic mass is 32.1. The van der Waals surface area contributed by atoms with Crippen molar-refractivity contribution < 1.29 is 19.0 Å². The van der Waals surface area contributed by atoms with Gasteiger partial charge in [0.1, 0.15) is 29.7 Å². The number of carbonyl (C=O) groups excluding carboxylic acids is 1. The molecule has 27 heavy (non-hydrogen) atoms. The average molecular weight is 383 g/mol. The van der Waals surface area contributed by atoms with E-state index in [9.17, 15) is 4.79 Å².